The summed E-state index contributed by atoms with van der Waals surface area (Å²) >= 11 is 0. The third-order valence-electron chi connectivity index (χ3n) is 5.17. The lowest BCUT2D eigenvalue weighted by atomic mass is 9.94. The number of nitrogens with one attached hydrogen (secondary N) is 1. The molecule has 1 atom stereocenters. The van der Waals surface area contributed by atoms with Crippen molar-refractivity contribution in [1.29, 1.82) is 0 Å². The molecule has 2 aliphatic heterocycles. The summed E-state index contributed by atoms with van der Waals surface area (Å²) in [6, 6.07) is 8.86. The fourth-order valence-corrected chi connectivity index (χ4v) is 3.51. The van der Waals surface area contributed by atoms with E-state index in [1.54, 1.807) is 18.9 Å². The number of urea groups is 1. The van der Waals surface area contributed by atoms with Crippen LogP contribution in [0.2, 0.25) is 0 Å². The van der Waals surface area contributed by atoms with Gasteiger partial charge >= 0.3 is 12.0 Å². The van der Waals surface area contributed by atoms with E-state index < -0.39 is 6.04 Å². The fraction of sp³-hybridized carbons (Fsp3) is 0.500. The van der Waals surface area contributed by atoms with E-state index in [0.29, 0.717) is 18.7 Å². The maximum absolute atomic E-state index is 12.9. The summed E-state index contributed by atoms with van der Waals surface area (Å²) in [5, 5.41) is 2.95. The van der Waals surface area contributed by atoms with Crippen molar-refractivity contribution >= 4 is 12.0 Å². The number of carbonyl (C=O) groups excluding carboxylic acids is 2. The number of rotatable bonds is 5. The highest BCUT2D eigenvalue weighted by Gasteiger charge is 2.37. The van der Waals surface area contributed by atoms with Gasteiger partial charge in [-0.3, -0.25) is 9.80 Å². The molecule has 2 heterocycles. The summed E-state index contributed by atoms with van der Waals surface area (Å²) < 4.78 is 5.35. The van der Waals surface area contributed by atoms with E-state index in [1.165, 1.54) is 0 Å². The van der Waals surface area contributed by atoms with Gasteiger partial charge in [0.2, 0.25) is 0 Å². The summed E-state index contributed by atoms with van der Waals surface area (Å²) in [6.07, 6.45) is 0. The number of esters is 1. The van der Waals surface area contributed by atoms with Gasteiger partial charge in [-0.05, 0) is 19.5 Å². The number of likely N-dealkylation sites (N-methyl/N-ethyl adjacent to an activating group) is 2. The molecule has 1 aromatic carbocycles. The predicted octanol–water partition coefficient (Wildman–Crippen LogP) is 1.45. The van der Waals surface area contributed by atoms with Crippen molar-refractivity contribution in [2.45, 2.75) is 13.0 Å². The topological polar surface area (TPSA) is 65.1 Å². The van der Waals surface area contributed by atoms with E-state index in [-0.39, 0.29) is 12.0 Å². The van der Waals surface area contributed by atoms with Gasteiger partial charge in [0.25, 0.3) is 0 Å². The van der Waals surface area contributed by atoms with Crippen molar-refractivity contribution in [3.63, 3.8) is 0 Å². The molecule has 2 aliphatic rings. The van der Waals surface area contributed by atoms with Gasteiger partial charge in [-0.25, -0.2) is 9.59 Å². The quantitative estimate of drug-likeness (QED) is 0.793. The van der Waals surface area contributed by atoms with Crippen molar-refractivity contribution in [2.24, 2.45) is 0 Å². The van der Waals surface area contributed by atoms with Crippen LogP contribution in [-0.2, 0) is 9.53 Å². The number of nitrogens with zero attached hydrogens (tertiary/aromatic N) is 3. The molecule has 1 saturated heterocycles. The SMILES string of the molecule is CCOC(=O)C1=C(CN2CCN(C)CC2)N(C)C(=O)N[C@@H]1c1ccccc1. The number of ether oxygens (including phenoxy) is 1. The van der Waals surface area contributed by atoms with E-state index in [4.69, 9.17) is 4.74 Å². The van der Waals surface area contributed by atoms with Crippen LogP contribution in [0.3, 0.4) is 0 Å². The molecule has 0 saturated carbocycles. The Labute approximate surface area is 160 Å². The Bertz CT molecular complexity index is 711. The Morgan fingerprint density at radius 2 is 1.81 bits per heavy atom. The van der Waals surface area contributed by atoms with Crippen LogP contribution in [0.25, 0.3) is 0 Å². The molecule has 0 unspecified atom stereocenters. The lowest BCUT2D eigenvalue weighted by Gasteiger charge is -2.38. The van der Waals surface area contributed by atoms with Crippen molar-refractivity contribution < 1.29 is 14.3 Å². The normalized spacial score (nSPS) is 22.0. The molecule has 0 bridgehead atoms. The molecule has 0 radical (unpaired) electrons. The van der Waals surface area contributed by atoms with Crippen molar-refractivity contribution in [2.75, 3.05) is 53.4 Å². The summed E-state index contributed by atoms with van der Waals surface area (Å²) in [5.74, 6) is -0.373. The lowest BCUT2D eigenvalue weighted by molar-refractivity contribution is -0.139. The number of amides is 2. The minimum atomic E-state index is -0.503. The second kappa shape index (κ2) is 8.54. The molecule has 0 aliphatic carbocycles. The number of hydrogen-bond acceptors (Lipinski definition) is 5. The van der Waals surface area contributed by atoms with E-state index in [0.717, 1.165) is 37.4 Å². The Hall–Kier alpha value is -2.38. The van der Waals surface area contributed by atoms with Gasteiger partial charge in [0, 0.05) is 45.5 Å². The highest BCUT2D eigenvalue weighted by Crippen LogP contribution is 2.31. The molecule has 7 nitrogen and oxygen atoms in total. The average Bonchev–Trinajstić information content (AvgIpc) is 2.67. The average molecular weight is 372 g/mol. The van der Waals surface area contributed by atoms with E-state index in [1.807, 2.05) is 30.3 Å². The van der Waals surface area contributed by atoms with Crippen molar-refractivity contribution in [1.82, 2.24) is 20.0 Å². The molecule has 3 rings (SSSR count). The standard InChI is InChI=1S/C20H28N4O3/c1-4-27-19(25)17-16(14-24-12-10-22(2)11-13-24)23(3)20(26)21-18(17)15-8-6-5-7-9-15/h5-9,18H,4,10-14H2,1-3H3,(H,21,26)/t18-/m1/s1. The van der Waals surface area contributed by atoms with E-state index in [9.17, 15) is 9.59 Å². The summed E-state index contributed by atoms with van der Waals surface area (Å²) in [5.41, 5.74) is 2.11. The first kappa shape index (κ1) is 19.4. The monoisotopic (exact) mass is 372 g/mol. The molecule has 0 spiro atoms. The number of hydrogen-bond donors (Lipinski definition) is 1. The number of carbonyl (C=O) groups is 2. The minimum absolute atomic E-state index is 0.207. The third-order valence-corrected chi connectivity index (χ3v) is 5.17. The minimum Gasteiger partial charge on any atom is -0.463 e. The molecule has 1 aromatic rings. The first-order valence-corrected chi connectivity index (χ1v) is 9.41. The van der Waals surface area contributed by atoms with Crippen LogP contribution in [0.5, 0.6) is 0 Å². The van der Waals surface area contributed by atoms with Gasteiger partial charge < -0.3 is 15.0 Å². The van der Waals surface area contributed by atoms with Gasteiger partial charge in [0.15, 0.2) is 0 Å². The van der Waals surface area contributed by atoms with E-state index >= 15 is 0 Å². The summed E-state index contributed by atoms with van der Waals surface area (Å²) in [4.78, 5) is 31.6. The van der Waals surface area contributed by atoms with Crippen LogP contribution in [0.4, 0.5) is 4.79 Å². The maximum atomic E-state index is 12.9. The molecule has 2 amide bonds. The molecule has 0 aromatic heterocycles. The second-order valence-corrected chi connectivity index (χ2v) is 7.01. The van der Waals surface area contributed by atoms with Crippen molar-refractivity contribution in [3.8, 4) is 0 Å². The van der Waals surface area contributed by atoms with Gasteiger partial charge in [-0.1, -0.05) is 30.3 Å². The summed E-state index contributed by atoms with van der Waals surface area (Å²) in [6.45, 7) is 6.39. The van der Waals surface area contributed by atoms with Crippen LogP contribution >= 0.6 is 0 Å². The molecule has 7 heteroatoms. The predicted molar refractivity (Wildman–Crippen MR) is 103 cm³/mol. The fourth-order valence-electron chi connectivity index (χ4n) is 3.51. The Morgan fingerprint density at radius 1 is 1.15 bits per heavy atom. The Kier molecular flexibility index (Phi) is 6.13. The molecular weight excluding hydrogens is 344 g/mol. The highest BCUT2D eigenvalue weighted by atomic mass is 16.5. The van der Waals surface area contributed by atoms with Crippen LogP contribution in [0, 0.1) is 0 Å². The lowest BCUT2D eigenvalue weighted by Crippen LogP contribution is -2.51. The Morgan fingerprint density at radius 3 is 2.44 bits per heavy atom. The summed E-state index contributed by atoms with van der Waals surface area (Å²) in [7, 11) is 3.81. The molecule has 1 fully saturated rings. The first-order chi connectivity index (χ1) is 13.0. The number of piperazine rings is 1. The zero-order chi connectivity index (χ0) is 19.4. The highest BCUT2D eigenvalue weighted by molar-refractivity contribution is 5.95. The molecular formula is C20H28N4O3. The van der Waals surface area contributed by atoms with Crippen LogP contribution in [0.1, 0.15) is 18.5 Å². The van der Waals surface area contributed by atoms with Gasteiger partial charge in [-0.15, -0.1) is 0 Å². The zero-order valence-corrected chi connectivity index (χ0v) is 16.3. The maximum Gasteiger partial charge on any atom is 0.338 e. The van der Waals surface area contributed by atoms with Crippen LogP contribution in [-0.4, -0.2) is 80.1 Å². The Balaban J connectivity index is 1.99. The van der Waals surface area contributed by atoms with E-state index in [2.05, 4.69) is 22.2 Å². The van der Waals surface area contributed by atoms with Gasteiger partial charge in [0.1, 0.15) is 0 Å². The molecule has 146 valence electrons. The second-order valence-electron chi connectivity index (χ2n) is 7.01. The molecule has 27 heavy (non-hydrogen) atoms. The molecule has 1 N–H and O–H groups in total. The van der Waals surface area contributed by atoms with Crippen LogP contribution in [0.15, 0.2) is 41.6 Å². The van der Waals surface area contributed by atoms with Crippen LogP contribution < -0.4 is 5.32 Å². The van der Waals surface area contributed by atoms with Gasteiger partial charge in [0.05, 0.1) is 18.2 Å². The third kappa shape index (κ3) is 4.31. The largest absolute Gasteiger partial charge is 0.463 e. The zero-order valence-electron chi connectivity index (χ0n) is 16.3. The van der Waals surface area contributed by atoms with Crippen molar-refractivity contribution in [3.05, 3.63) is 47.2 Å². The van der Waals surface area contributed by atoms with Gasteiger partial charge in [-0.2, -0.15) is 0 Å². The first-order valence-electron chi connectivity index (χ1n) is 9.41. The smallest absolute Gasteiger partial charge is 0.338 e. The number of benzene rings is 1.